The van der Waals surface area contributed by atoms with Crippen molar-refractivity contribution in [3.05, 3.63) is 64.7 Å². The second kappa shape index (κ2) is 7.64. The van der Waals surface area contributed by atoms with Crippen LogP contribution in [-0.2, 0) is 11.3 Å². The number of pyridine rings is 1. The van der Waals surface area contributed by atoms with Gasteiger partial charge in [-0.2, -0.15) is 0 Å². The summed E-state index contributed by atoms with van der Waals surface area (Å²) in [6.45, 7) is 4.11. The van der Waals surface area contributed by atoms with Gasteiger partial charge in [-0.1, -0.05) is 29.8 Å². The van der Waals surface area contributed by atoms with Gasteiger partial charge in [-0.25, -0.2) is 9.78 Å². The number of aromatic carboxylic acids is 1. The van der Waals surface area contributed by atoms with Crippen molar-refractivity contribution in [3.8, 4) is 11.3 Å². The minimum Gasteiger partial charge on any atom is -0.478 e. The summed E-state index contributed by atoms with van der Waals surface area (Å²) in [5, 5.41) is 10.8. The molecule has 1 N–H and O–H groups in total. The van der Waals surface area contributed by atoms with E-state index < -0.39 is 5.97 Å². The fraction of sp³-hybridized carbons (Fsp3) is 0.238. The lowest BCUT2D eigenvalue weighted by molar-refractivity contribution is 0.0343. The number of ether oxygens (including phenoxy) is 1. The van der Waals surface area contributed by atoms with Gasteiger partial charge < -0.3 is 9.84 Å². The largest absolute Gasteiger partial charge is 0.478 e. The number of carbonyl (C=O) groups is 1. The number of nitrogens with zero attached hydrogens (tertiary/aromatic N) is 2. The number of rotatable bonds is 4. The zero-order valence-corrected chi connectivity index (χ0v) is 15.4. The van der Waals surface area contributed by atoms with Crippen LogP contribution in [0.2, 0.25) is 5.02 Å². The Morgan fingerprint density at radius 2 is 1.85 bits per heavy atom. The number of morpholine rings is 1. The van der Waals surface area contributed by atoms with Crippen LogP contribution >= 0.6 is 11.6 Å². The van der Waals surface area contributed by atoms with Gasteiger partial charge >= 0.3 is 5.97 Å². The second-order valence-corrected chi connectivity index (χ2v) is 7.04. The first-order valence-electron chi connectivity index (χ1n) is 8.83. The van der Waals surface area contributed by atoms with E-state index in [1.165, 1.54) is 5.56 Å². The molecular weight excluding hydrogens is 364 g/mol. The van der Waals surface area contributed by atoms with E-state index in [-0.39, 0.29) is 5.56 Å². The van der Waals surface area contributed by atoms with E-state index in [1.54, 1.807) is 24.3 Å². The van der Waals surface area contributed by atoms with Crippen molar-refractivity contribution in [1.82, 2.24) is 9.88 Å². The Balaban J connectivity index is 1.77. The monoisotopic (exact) mass is 382 g/mol. The molecule has 0 amide bonds. The van der Waals surface area contributed by atoms with Crippen molar-refractivity contribution in [3.63, 3.8) is 0 Å². The summed E-state index contributed by atoms with van der Waals surface area (Å²) in [5.41, 5.74) is 3.97. The number of carboxylic acids is 1. The predicted molar refractivity (Wildman–Crippen MR) is 105 cm³/mol. The third-order valence-corrected chi connectivity index (χ3v) is 5.02. The van der Waals surface area contributed by atoms with Gasteiger partial charge in [-0.05, 0) is 35.9 Å². The molecule has 5 nitrogen and oxygen atoms in total. The van der Waals surface area contributed by atoms with Crippen LogP contribution in [0.25, 0.3) is 22.2 Å². The van der Waals surface area contributed by atoms with Crippen molar-refractivity contribution in [2.75, 3.05) is 26.3 Å². The van der Waals surface area contributed by atoms with Crippen LogP contribution in [0.3, 0.4) is 0 Å². The van der Waals surface area contributed by atoms with E-state index >= 15 is 0 Å². The summed E-state index contributed by atoms with van der Waals surface area (Å²) in [6, 6.07) is 14.6. The number of fused-ring (bicyclic) bond motifs is 1. The lowest BCUT2D eigenvalue weighted by Gasteiger charge is -2.27. The highest BCUT2D eigenvalue weighted by Crippen LogP contribution is 2.28. The molecule has 1 aliphatic heterocycles. The Hall–Kier alpha value is -2.47. The molecule has 2 heterocycles. The third kappa shape index (κ3) is 3.95. The van der Waals surface area contributed by atoms with Crippen LogP contribution in [0, 0.1) is 0 Å². The van der Waals surface area contributed by atoms with Gasteiger partial charge in [0.15, 0.2) is 0 Å². The number of halogens is 1. The molecule has 1 aromatic heterocycles. The van der Waals surface area contributed by atoms with Crippen molar-refractivity contribution < 1.29 is 14.6 Å². The van der Waals surface area contributed by atoms with Crippen molar-refractivity contribution >= 4 is 28.5 Å². The summed E-state index contributed by atoms with van der Waals surface area (Å²) in [5.74, 6) is -0.937. The smallest absolute Gasteiger partial charge is 0.335 e. The molecule has 0 saturated carbocycles. The van der Waals surface area contributed by atoms with Gasteiger partial charge in [0, 0.05) is 35.6 Å². The summed E-state index contributed by atoms with van der Waals surface area (Å²) < 4.78 is 5.44. The molecule has 1 saturated heterocycles. The quantitative estimate of drug-likeness (QED) is 0.736. The zero-order chi connectivity index (χ0) is 18.8. The van der Waals surface area contributed by atoms with Crippen molar-refractivity contribution in [1.29, 1.82) is 0 Å². The summed E-state index contributed by atoms with van der Waals surface area (Å²) in [7, 11) is 0. The zero-order valence-electron chi connectivity index (χ0n) is 14.7. The van der Waals surface area contributed by atoms with Crippen molar-refractivity contribution in [2.24, 2.45) is 0 Å². The molecule has 27 heavy (non-hydrogen) atoms. The van der Waals surface area contributed by atoms with Gasteiger partial charge in [-0.3, -0.25) is 4.90 Å². The summed E-state index contributed by atoms with van der Waals surface area (Å²) in [6.07, 6.45) is 0. The highest BCUT2D eigenvalue weighted by molar-refractivity contribution is 6.31. The second-order valence-electron chi connectivity index (χ2n) is 6.60. The fourth-order valence-electron chi connectivity index (χ4n) is 3.34. The maximum Gasteiger partial charge on any atom is 0.335 e. The van der Waals surface area contributed by atoms with Gasteiger partial charge in [-0.15, -0.1) is 0 Å². The Morgan fingerprint density at radius 1 is 1.11 bits per heavy atom. The molecule has 2 aromatic carbocycles. The SMILES string of the molecule is O=C(O)c1ccc(-c2cc(CN3CCOCC3)c3ccc(Cl)cc3n2)cc1. The molecule has 0 aliphatic carbocycles. The van der Waals surface area contributed by atoms with E-state index in [1.807, 2.05) is 18.2 Å². The average molecular weight is 383 g/mol. The number of carboxylic acid groups (broad SMARTS) is 1. The number of benzene rings is 2. The van der Waals surface area contributed by atoms with Crippen LogP contribution in [0.15, 0.2) is 48.5 Å². The highest BCUT2D eigenvalue weighted by Gasteiger charge is 2.15. The van der Waals surface area contributed by atoms with Crippen LogP contribution in [0.1, 0.15) is 15.9 Å². The molecule has 0 radical (unpaired) electrons. The standard InChI is InChI=1S/C21H19ClN2O3/c22-17-5-6-18-16(13-24-7-9-27-10-8-24)11-19(23-20(18)12-17)14-1-3-15(4-2-14)21(25)26/h1-6,11-12H,7-10,13H2,(H,25,26). The molecule has 3 aromatic rings. The number of aromatic nitrogens is 1. The molecule has 1 fully saturated rings. The maximum atomic E-state index is 11.1. The first-order chi connectivity index (χ1) is 13.1. The van der Waals surface area contributed by atoms with Crippen LogP contribution in [0.4, 0.5) is 0 Å². The van der Waals surface area contributed by atoms with Gasteiger partial charge in [0.25, 0.3) is 0 Å². The van der Waals surface area contributed by atoms with Crippen LogP contribution in [0.5, 0.6) is 0 Å². The molecule has 4 rings (SSSR count). The molecule has 0 atom stereocenters. The van der Waals surface area contributed by atoms with E-state index in [4.69, 9.17) is 26.4 Å². The predicted octanol–water partition coefficient (Wildman–Crippen LogP) is 4.09. The van der Waals surface area contributed by atoms with Crippen LogP contribution in [-0.4, -0.2) is 47.3 Å². The summed E-state index contributed by atoms with van der Waals surface area (Å²) >= 11 is 6.18. The lowest BCUT2D eigenvalue weighted by atomic mass is 10.0. The van der Waals surface area contributed by atoms with Gasteiger partial charge in [0.1, 0.15) is 0 Å². The first-order valence-corrected chi connectivity index (χ1v) is 9.21. The topological polar surface area (TPSA) is 62.7 Å². The van der Waals surface area contributed by atoms with Gasteiger partial charge in [0.2, 0.25) is 0 Å². The maximum absolute atomic E-state index is 11.1. The van der Waals surface area contributed by atoms with E-state index in [0.717, 1.165) is 55.0 Å². The molecule has 0 unspecified atom stereocenters. The fourth-order valence-corrected chi connectivity index (χ4v) is 3.50. The number of hydrogen-bond acceptors (Lipinski definition) is 4. The number of hydrogen-bond donors (Lipinski definition) is 1. The minimum absolute atomic E-state index is 0.260. The molecule has 0 spiro atoms. The summed E-state index contributed by atoms with van der Waals surface area (Å²) in [4.78, 5) is 18.2. The third-order valence-electron chi connectivity index (χ3n) is 4.78. The Morgan fingerprint density at radius 3 is 2.56 bits per heavy atom. The van der Waals surface area contributed by atoms with Gasteiger partial charge in [0.05, 0.1) is 30.0 Å². The Labute approximate surface area is 162 Å². The minimum atomic E-state index is -0.937. The Kier molecular flexibility index (Phi) is 5.07. The van der Waals surface area contributed by atoms with E-state index in [0.29, 0.717) is 5.02 Å². The molecule has 6 heteroatoms. The molecular formula is C21H19ClN2O3. The Bertz CT molecular complexity index is 983. The van der Waals surface area contributed by atoms with Crippen LogP contribution < -0.4 is 0 Å². The average Bonchev–Trinajstić information content (AvgIpc) is 2.68. The first kappa shape index (κ1) is 17.9. The normalized spacial score (nSPS) is 15.1. The lowest BCUT2D eigenvalue weighted by Crippen LogP contribution is -2.35. The molecule has 0 bridgehead atoms. The van der Waals surface area contributed by atoms with E-state index in [9.17, 15) is 4.79 Å². The van der Waals surface area contributed by atoms with Crippen molar-refractivity contribution in [2.45, 2.75) is 6.54 Å². The van der Waals surface area contributed by atoms with E-state index in [2.05, 4.69) is 11.0 Å². The molecule has 1 aliphatic rings. The highest BCUT2D eigenvalue weighted by atomic mass is 35.5. The molecule has 138 valence electrons.